The Labute approximate surface area is 95.1 Å². The molecule has 0 heterocycles. The number of nitrogens with zero attached hydrogens (tertiary/aromatic N) is 1. The number of benzene rings is 1. The number of ether oxygens (including phenoxy) is 2. The van der Waals surface area contributed by atoms with Gasteiger partial charge < -0.3 is 14.4 Å². The first-order valence-electron chi connectivity index (χ1n) is 4.77. The quantitative estimate of drug-likeness (QED) is 0.573. The summed E-state index contributed by atoms with van der Waals surface area (Å²) in [6.07, 6.45) is 0. The van der Waals surface area contributed by atoms with E-state index < -0.39 is 0 Å². The van der Waals surface area contributed by atoms with Crippen LogP contribution in [0, 0.1) is 0 Å². The van der Waals surface area contributed by atoms with Crippen molar-refractivity contribution in [3.8, 4) is 11.5 Å². The first-order chi connectivity index (χ1) is 7.54. The molecule has 0 aliphatic rings. The summed E-state index contributed by atoms with van der Waals surface area (Å²) in [6.45, 7) is 3.57. The molecule has 0 aromatic heterocycles. The standard InChI is InChI=1S/C12H15NO3/c1-9(12(14)13(2)3)16-11-7-5-10(15-4)6-8-11/h5-8H,1H2,2-4H3. The molecule has 0 unspecified atom stereocenters. The van der Waals surface area contributed by atoms with Crippen LogP contribution in [0.4, 0.5) is 0 Å². The van der Waals surface area contributed by atoms with Gasteiger partial charge in [0.25, 0.3) is 5.91 Å². The van der Waals surface area contributed by atoms with Crippen LogP contribution in [-0.4, -0.2) is 32.0 Å². The fourth-order valence-electron chi connectivity index (χ4n) is 1.08. The molecule has 4 heteroatoms. The Kier molecular flexibility index (Phi) is 3.94. The van der Waals surface area contributed by atoms with E-state index >= 15 is 0 Å². The highest BCUT2D eigenvalue weighted by atomic mass is 16.5. The van der Waals surface area contributed by atoms with Crippen LogP contribution < -0.4 is 9.47 Å². The molecule has 0 fully saturated rings. The zero-order valence-electron chi connectivity index (χ0n) is 9.69. The van der Waals surface area contributed by atoms with Crippen LogP contribution in [0.25, 0.3) is 0 Å². The van der Waals surface area contributed by atoms with Crippen molar-refractivity contribution in [1.82, 2.24) is 4.90 Å². The summed E-state index contributed by atoms with van der Waals surface area (Å²) in [7, 11) is 4.88. The Morgan fingerprint density at radius 1 is 1.19 bits per heavy atom. The van der Waals surface area contributed by atoms with Gasteiger partial charge in [-0.1, -0.05) is 6.58 Å². The highest BCUT2D eigenvalue weighted by molar-refractivity contribution is 5.90. The molecule has 0 spiro atoms. The molecule has 1 rings (SSSR count). The van der Waals surface area contributed by atoms with Crippen LogP contribution in [-0.2, 0) is 4.79 Å². The number of methoxy groups -OCH3 is 1. The molecule has 0 saturated heterocycles. The Morgan fingerprint density at radius 2 is 1.69 bits per heavy atom. The third-order valence-electron chi connectivity index (χ3n) is 1.95. The first-order valence-corrected chi connectivity index (χ1v) is 4.77. The maximum Gasteiger partial charge on any atom is 0.288 e. The SMILES string of the molecule is C=C(Oc1ccc(OC)cc1)C(=O)N(C)C. The number of hydrogen-bond donors (Lipinski definition) is 0. The van der Waals surface area contributed by atoms with E-state index in [0.29, 0.717) is 5.75 Å². The van der Waals surface area contributed by atoms with E-state index in [1.165, 1.54) is 4.90 Å². The predicted octanol–water partition coefficient (Wildman–Crippen LogP) is 1.68. The Bertz CT molecular complexity index is 382. The molecule has 1 aromatic rings. The van der Waals surface area contributed by atoms with Crippen molar-refractivity contribution in [2.24, 2.45) is 0 Å². The van der Waals surface area contributed by atoms with Gasteiger partial charge in [0.1, 0.15) is 11.5 Å². The summed E-state index contributed by atoms with van der Waals surface area (Å²) in [5.74, 6) is 1.13. The molecule has 0 N–H and O–H groups in total. The van der Waals surface area contributed by atoms with Crippen LogP contribution in [0.15, 0.2) is 36.6 Å². The Morgan fingerprint density at radius 3 is 2.12 bits per heavy atom. The highest BCUT2D eigenvalue weighted by Crippen LogP contribution is 2.18. The smallest absolute Gasteiger partial charge is 0.288 e. The second kappa shape index (κ2) is 5.21. The summed E-state index contributed by atoms with van der Waals surface area (Å²) >= 11 is 0. The van der Waals surface area contributed by atoms with Crippen LogP contribution in [0.5, 0.6) is 11.5 Å². The van der Waals surface area contributed by atoms with E-state index in [-0.39, 0.29) is 11.7 Å². The fourth-order valence-corrected chi connectivity index (χ4v) is 1.08. The van der Waals surface area contributed by atoms with Crippen molar-refractivity contribution in [3.63, 3.8) is 0 Å². The number of rotatable bonds is 4. The molecule has 0 saturated carbocycles. The lowest BCUT2D eigenvalue weighted by molar-refractivity contribution is -0.126. The second-order valence-electron chi connectivity index (χ2n) is 3.40. The van der Waals surface area contributed by atoms with Crippen molar-refractivity contribution in [2.45, 2.75) is 0 Å². The number of amides is 1. The van der Waals surface area contributed by atoms with Gasteiger partial charge in [0.05, 0.1) is 7.11 Å². The van der Waals surface area contributed by atoms with Crippen molar-refractivity contribution in [2.75, 3.05) is 21.2 Å². The molecule has 16 heavy (non-hydrogen) atoms. The largest absolute Gasteiger partial charge is 0.497 e. The summed E-state index contributed by atoms with van der Waals surface area (Å²) in [4.78, 5) is 12.9. The van der Waals surface area contributed by atoms with Gasteiger partial charge in [-0.25, -0.2) is 0 Å². The lowest BCUT2D eigenvalue weighted by atomic mass is 10.3. The molecular weight excluding hydrogens is 206 g/mol. The fraction of sp³-hybridized carbons (Fsp3) is 0.250. The number of likely N-dealkylation sites (N-methyl/N-ethyl adjacent to an activating group) is 1. The minimum Gasteiger partial charge on any atom is -0.497 e. The molecule has 1 aromatic carbocycles. The normalized spacial score (nSPS) is 9.44. The van der Waals surface area contributed by atoms with E-state index in [2.05, 4.69) is 6.58 Å². The molecule has 0 aliphatic heterocycles. The summed E-state index contributed by atoms with van der Waals surface area (Å²) < 4.78 is 10.3. The van der Waals surface area contributed by atoms with Crippen molar-refractivity contribution >= 4 is 5.91 Å². The highest BCUT2D eigenvalue weighted by Gasteiger charge is 2.11. The monoisotopic (exact) mass is 221 g/mol. The molecule has 0 bridgehead atoms. The van der Waals surface area contributed by atoms with Gasteiger partial charge in [0.2, 0.25) is 0 Å². The Balaban J connectivity index is 2.66. The third-order valence-corrected chi connectivity index (χ3v) is 1.95. The summed E-state index contributed by atoms with van der Waals surface area (Å²) in [5.41, 5.74) is 0. The van der Waals surface area contributed by atoms with E-state index in [4.69, 9.17) is 9.47 Å². The van der Waals surface area contributed by atoms with Gasteiger partial charge in [-0.3, -0.25) is 4.79 Å². The maximum absolute atomic E-state index is 11.4. The minimum atomic E-state index is -0.254. The van der Waals surface area contributed by atoms with E-state index in [1.807, 2.05) is 0 Å². The number of carbonyl (C=O) groups excluding carboxylic acids is 1. The number of carbonyl (C=O) groups is 1. The van der Waals surface area contributed by atoms with Gasteiger partial charge >= 0.3 is 0 Å². The molecule has 0 aliphatic carbocycles. The molecule has 0 radical (unpaired) electrons. The lowest BCUT2D eigenvalue weighted by Gasteiger charge is -2.13. The van der Waals surface area contributed by atoms with Gasteiger partial charge in [-0.2, -0.15) is 0 Å². The minimum absolute atomic E-state index is 0.0927. The van der Waals surface area contributed by atoms with Crippen LogP contribution in [0.3, 0.4) is 0 Å². The number of hydrogen-bond acceptors (Lipinski definition) is 3. The average Bonchev–Trinajstić information content (AvgIpc) is 2.28. The zero-order valence-corrected chi connectivity index (χ0v) is 9.69. The molecular formula is C12H15NO3. The van der Waals surface area contributed by atoms with E-state index in [9.17, 15) is 4.79 Å². The van der Waals surface area contributed by atoms with Crippen LogP contribution >= 0.6 is 0 Å². The zero-order chi connectivity index (χ0) is 12.1. The summed E-state index contributed by atoms with van der Waals surface area (Å²) in [6, 6.07) is 6.94. The van der Waals surface area contributed by atoms with Crippen LogP contribution in [0.1, 0.15) is 0 Å². The van der Waals surface area contributed by atoms with Crippen molar-refractivity contribution < 1.29 is 14.3 Å². The van der Waals surface area contributed by atoms with Gasteiger partial charge in [0, 0.05) is 14.1 Å². The molecule has 1 amide bonds. The average molecular weight is 221 g/mol. The topological polar surface area (TPSA) is 38.8 Å². The van der Waals surface area contributed by atoms with Crippen molar-refractivity contribution in [3.05, 3.63) is 36.6 Å². The van der Waals surface area contributed by atoms with E-state index in [1.54, 1.807) is 45.5 Å². The molecule has 86 valence electrons. The molecule has 0 atom stereocenters. The van der Waals surface area contributed by atoms with Crippen molar-refractivity contribution in [1.29, 1.82) is 0 Å². The second-order valence-corrected chi connectivity index (χ2v) is 3.40. The maximum atomic E-state index is 11.4. The first kappa shape index (κ1) is 12.1. The Hall–Kier alpha value is -1.97. The van der Waals surface area contributed by atoms with E-state index in [0.717, 1.165) is 5.75 Å². The summed E-state index contributed by atoms with van der Waals surface area (Å²) in [5, 5.41) is 0. The third kappa shape index (κ3) is 3.02. The van der Waals surface area contributed by atoms with Gasteiger partial charge in [0.15, 0.2) is 5.76 Å². The van der Waals surface area contributed by atoms with Gasteiger partial charge in [-0.05, 0) is 24.3 Å². The van der Waals surface area contributed by atoms with Crippen LogP contribution in [0.2, 0.25) is 0 Å². The predicted molar refractivity (Wildman–Crippen MR) is 61.5 cm³/mol. The van der Waals surface area contributed by atoms with Gasteiger partial charge in [-0.15, -0.1) is 0 Å². The lowest BCUT2D eigenvalue weighted by Crippen LogP contribution is -2.25. The molecule has 4 nitrogen and oxygen atoms in total.